The highest BCUT2D eigenvalue weighted by atomic mass is 35.5. The van der Waals surface area contributed by atoms with E-state index in [0.717, 1.165) is 5.56 Å². The third kappa shape index (κ3) is 3.15. The van der Waals surface area contributed by atoms with Crippen molar-refractivity contribution in [2.24, 2.45) is 0 Å². The number of hydrogen-bond acceptors (Lipinski definition) is 4. The molecule has 1 aromatic carbocycles. The van der Waals surface area contributed by atoms with E-state index >= 15 is 0 Å². The summed E-state index contributed by atoms with van der Waals surface area (Å²) < 4.78 is 5.42. The zero-order chi connectivity index (χ0) is 14.0. The van der Waals surface area contributed by atoms with Gasteiger partial charge in [-0.1, -0.05) is 11.6 Å². The summed E-state index contributed by atoms with van der Waals surface area (Å²) in [7, 11) is 0. The molecule has 1 aliphatic heterocycles. The van der Waals surface area contributed by atoms with Gasteiger partial charge in [0.2, 0.25) is 0 Å². The standard InChI is InChI=1S/C12H12ClNO5/c13-7-1-2-9-6(3-7)4-10(19-9)11(16)14-5-8(15)12(17)18/h1-3,8,10,15H,4-5H2,(H,14,16)(H,17,18)/t8-,10?/m0/s1. The monoisotopic (exact) mass is 285 g/mol. The number of amides is 1. The van der Waals surface area contributed by atoms with Crippen LogP contribution >= 0.6 is 11.6 Å². The van der Waals surface area contributed by atoms with Crippen LogP contribution in [-0.2, 0) is 16.0 Å². The molecule has 1 aromatic rings. The van der Waals surface area contributed by atoms with Gasteiger partial charge in [0, 0.05) is 11.4 Å². The number of carboxylic acid groups (broad SMARTS) is 1. The average molecular weight is 286 g/mol. The van der Waals surface area contributed by atoms with E-state index in [-0.39, 0.29) is 6.54 Å². The first-order chi connectivity index (χ1) is 8.97. The van der Waals surface area contributed by atoms with E-state index in [9.17, 15) is 9.59 Å². The second kappa shape index (κ2) is 5.46. The molecule has 1 amide bonds. The van der Waals surface area contributed by atoms with Gasteiger partial charge in [0.1, 0.15) is 5.75 Å². The molecule has 2 atom stereocenters. The number of hydrogen-bond donors (Lipinski definition) is 3. The van der Waals surface area contributed by atoms with E-state index < -0.39 is 24.1 Å². The number of nitrogens with one attached hydrogen (secondary N) is 1. The normalized spacial score (nSPS) is 18.3. The van der Waals surface area contributed by atoms with Crippen LogP contribution in [0.5, 0.6) is 5.75 Å². The fourth-order valence-electron chi connectivity index (χ4n) is 1.76. The molecule has 7 heteroatoms. The molecule has 0 saturated carbocycles. The molecule has 1 aliphatic rings. The highest BCUT2D eigenvalue weighted by Crippen LogP contribution is 2.31. The molecule has 19 heavy (non-hydrogen) atoms. The summed E-state index contributed by atoms with van der Waals surface area (Å²) in [5.74, 6) is -1.27. The third-order valence-electron chi connectivity index (χ3n) is 2.74. The minimum atomic E-state index is -1.62. The number of carboxylic acids is 1. The van der Waals surface area contributed by atoms with E-state index in [4.69, 9.17) is 26.6 Å². The Morgan fingerprint density at radius 3 is 2.95 bits per heavy atom. The van der Waals surface area contributed by atoms with Crippen molar-refractivity contribution in [2.45, 2.75) is 18.6 Å². The van der Waals surface area contributed by atoms with Crippen molar-refractivity contribution in [3.63, 3.8) is 0 Å². The Morgan fingerprint density at radius 2 is 2.26 bits per heavy atom. The van der Waals surface area contributed by atoms with Gasteiger partial charge in [0.05, 0.1) is 6.54 Å². The Labute approximate surface area is 113 Å². The first kappa shape index (κ1) is 13.6. The van der Waals surface area contributed by atoms with Gasteiger partial charge < -0.3 is 20.3 Å². The number of aliphatic hydroxyl groups is 1. The van der Waals surface area contributed by atoms with Crippen LogP contribution < -0.4 is 10.1 Å². The van der Waals surface area contributed by atoms with Gasteiger partial charge >= 0.3 is 5.97 Å². The van der Waals surface area contributed by atoms with Crippen LogP contribution in [0.3, 0.4) is 0 Å². The molecule has 2 rings (SSSR count). The van der Waals surface area contributed by atoms with Crippen LogP contribution in [0.15, 0.2) is 18.2 Å². The SMILES string of the molecule is O=C(NC[C@H](O)C(=O)O)C1Cc2cc(Cl)ccc2O1. The Morgan fingerprint density at radius 1 is 1.53 bits per heavy atom. The number of aliphatic hydroxyl groups excluding tert-OH is 1. The first-order valence-electron chi connectivity index (χ1n) is 5.61. The van der Waals surface area contributed by atoms with Gasteiger partial charge in [0.15, 0.2) is 12.2 Å². The van der Waals surface area contributed by atoms with Gasteiger partial charge in [-0.05, 0) is 23.8 Å². The lowest BCUT2D eigenvalue weighted by Crippen LogP contribution is -2.43. The second-order valence-corrected chi connectivity index (χ2v) is 4.60. The van der Waals surface area contributed by atoms with Crippen molar-refractivity contribution < 1.29 is 24.5 Å². The molecule has 0 spiro atoms. The molecule has 0 fully saturated rings. The van der Waals surface area contributed by atoms with Crippen LogP contribution in [0.2, 0.25) is 5.02 Å². The largest absolute Gasteiger partial charge is 0.480 e. The maximum atomic E-state index is 11.8. The quantitative estimate of drug-likeness (QED) is 0.735. The van der Waals surface area contributed by atoms with E-state index in [1.54, 1.807) is 18.2 Å². The van der Waals surface area contributed by atoms with Crippen LogP contribution in [0.25, 0.3) is 0 Å². The molecule has 0 radical (unpaired) electrons. The van der Waals surface area contributed by atoms with Crippen molar-refractivity contribution >= 4 is 23.5 Å². The highest BCUT2D eigenvalue weighted by Gasteiger charge is 2.29. The lowest BCUT2D eigenvalue weighted by molar-refractivity contribution is -0.146. The number of halogens is 1. The number of rotatable bonds is 4. The van der Waals surface area contributed by atoms with Gasteiger partial charge in [-0.15, -0.1) is 0 Å². The summed E-state index contributed by atoms with van der Waals surface area (Å²) in [5.41, 5.74) is 0.825. The number of carbonyl (C=O) groups is 2. The minimum Gasteiger partial charge on any atom is -0.480 e. The van der Waals surface area contributed by atoms with Crippen LogP contribution in [-0.4, -0.2) is 40.8 Å². The van der Waals surface area contributed by atoms with Crippen LogP contribution in [0.1, 0.15) is 5.56 Å². The number of aliphatic carboxylic acids is 1. The molecule has 0 aliphatic carbocycles. The van der Waals surface area contributed by atoms with E-state index in [1.807, 2.05) is 0 Å². The summed E-state index contributed by atoms with van der Waals surface area (Å²) in [6.07, 6.45) is -1.98. The van der Waals surface area contributed by atoms with Gasteiger partial charge in [-0.25, -0.2) is 4.79 Å². The molecule has 0 aromatic heterocycles. The Bertz CT molecular complexity index is 519. The van der Waals surface area contributed by atoms with Crippen molar-refractivity contribution in [3.8, 4) is 5.75 Å². The van der Waals surface area contributed by atoms with E-state index in [0.29, 0.717) is 17.2 Å². The zero-order valence-electron chi connectivity index (χ0n) is 9.80. The first-order valence-corrected chi connectivity index (χ1v) is 5.99. The number of fused-ring (bicyclic) bond motifs is 1. The minimum absolute atomic E-state index is 0.356. The Balaban J connectivity index is 1.92. The van der Waals surface area contributed by atoms with Crippen molar-refractivity contribution in [3.05, 3.63) is 28.8 Å². The number of benzene rings is 1. The van der Waals surface area contributed by atoms with Crippen LogP contribution in [0.4, 0.5) is 0 Å². The third-order valence-corrected chi connectivity index (χ3v) is 2.98. The Kier molecular flexibility index (Phi) is 3.92. The van der Waals surface area contributed by atoms with Gasteiger partial charge in [-0.3, -0.25) is 4.79 Å². The second-order valence-electron chi connectivity index (χ2n) is 4.16. The van der Waals surface area contributed by atoms with Crippen molar-refractivity contribution in [1.29, 1.82) is 0 Å². The molecule has 0 saturated heterocycles. The van der Waals surface area contributed by atoms with Gasteiger partial charge in [0.25, 0.3) is 5.91 Å². The topological polar surface area (TPSA) is 95.9 Å². The summed E-state index contributed by atoms with van der Waals surface area (Å²) in [4.78, 5) is 22.2. The number of carbonyl (C=O) groups excluding carboxylic acids is 1. The Hall–Kier alpha value is -1.79. The zero-order valence-corrected chi connectivity index (χ0v) is 10.6. The molecular formula is C12H12ClNO5. The molecule has 102 valence electrons. The predicted molar refractivity (Wildman–Crippen MR) is 66.2 cm³/mol. The lowest BCUT2D eigenvalue weighted by Gasteiger charge is -2.12. The smallest absolute Gasteiger partial charge is 0.334 e. The van der Waals surface area contributed by atoms with Crippen molar-refractivity contribution in [2.75, 3.05) is 6.54 Å². The fraction of sp³-hybridized carbons (Fsp3) is 0.333. The van der Waals surface area contributed by atoms with E-state index in [2.05, 4.69) is 5.32 Å². The fourth-order valence-corrected chi connectivity index (χ4v) is 1.96. The average Bonchev–Trinajstić information content (AvgIpc) is 2.78. The maximum Gasteiger partial charge on any atom is 0.334 e. The molecule has 3 N–H and O–H groups in total. The molecule has 6 nitrogen and oxygen atoms in total. The molecular weight excluding hydrogens is 274 g/mol. The number of ether oxygens (including phenoxy) is 1. The molecule has 1 heterocycles. The van der Waals surface area contributed by atoms with Gasteiger partial charge in [-0.2, -0.15) is 0 Å². The molecule has 0 bridgehead atoms. The molecule has 1 unspecified atom stereocenters. The highest BCUT2D eigenvalue weighted by molar-refractivity contribution is 6.30. The van der Waals surface area contributed by atoms with Crippen molar-refractivity contribution in [1.82, 2.24) is 5.32 Å². The summed E-state index contributed by atoms with van der Waals surface area (Å²) >= 11 is 5.83. The predicted octanol–water partition coefficient (Wildman–Crippen LogP) is 0.205. The summed E-state index contributed by atoms with van der Waals surface area (Å²) in [6.45, 7) is -0.356. The summed E-state index contributed by atoms with van der Waals surface area (Å²) in [6, 6.07) is 5.06. The maximum absolute atomic E-state index is 11.8. The van der Waals surface area contributed by atoms with E-state index in [1.165, 1.54) is 0 Å². The van der Waals surface area contributed by atoms with Crippen LogP contribution in [0, 0.1) is 0 Å². The lowest BCUT2D eigenvalue weighted by atomic mass is 10.1. The summed E-state index contributed by atoms with van der Waals surface area (Å²) in [5, 5.41) is 20.4.